The summed E-state index contributed by atoms with van der Waals surface area (Å²) < 4.78 is 26.5. The highest BCUT2D eigenvalue weighted by Gasteiger charge is 2.28. The summed E-state index contributed by atoms with van der Waals surface area (Å²) in [5, 5.41) is 9.28. The molecule has 1 aliphatic rings. The minimum absolute atomic E-state index is 0.0370. The minimum Gasteiger partial charge on any atom is -0.311 e. The molecule has 0 unspecified atom stereocenters. The smallest absolute Gasteiger partial charge is 0.230 e. The molecule has 1 fully saturated rings. The maximum Gasteiger partial charge on any atom is 0.230 e. The topological polar surface area (TPSA) is 57.8 Å². The first-order chi connectivity index (χ1) is 9.65. The van der Waals surface area contributed by atoms with E-state index in [1.54, 1.807) is 6.20 Å². The molecule has 1 heterocycles. The van der Waals surface area contributed by atoms with Crippen molar-refractivity contribution in [3.05, 3.63) is 47.2 Å². The zero-order valence-electron chi connectivity index (χ0n) is 10.6. The lowest BCUT2D eigenvalue weighted by atomic mass is 10.1. The Hall–Kier alpha value is -2.24. The Kier molecular flexibility index (Phi) is 3.22. The molecule has 1 aromatic carbocycles. The second kappa shape index (κ2) is 5.03. The van der Waals surface area contributed by atoms with E-state index >= 15 is 0 Å². The molecule has 1 aromatic heterocycles. The maximum atomic E-state index is 13.5. The molecule has 6 heteroatoms. The van der Waals surface area contributed by atoms with E-state index in [1.165, 1.54) is 12.1 Å². The van der Waals surface area contributed by atoms with Crippen LogP contribution in [0.15, 0.2) is 24.4 Å². The lowest BCUT2D eigenvalue weighted by Gasteiger charge is -2.06. The molecule has 0 saturated heterocycles. The number of carbonyl (C=O) groups is 1. The Balaban J connectivity index is 1.70. The number of H-pyrrole nitrogens is 1. The summed E-state index contributed by atoms with van der Waals surface area (Å²) in [5.41, 5.74) is 1.01. The zero-order valence-corrected chi connectivity index (χ0v) is 10.6. The van der Waals surface area contributed by atoms with Gasteiger partial charge in [-0.1, -0.05) is 12.1 Å². The highest BCUT2D eigenvalue weighted by Crippen LogP contribution is 2.42. The van der Waals surface area contributed by atoms with E-state index in [1.807, 2.05) is 0 Å². The van der Waals surface area contributed by atoms with Crippen molar-refractivity contribution in [2.75, 3.05) is 5.32 Å². The summed E-state index contributed by atoms with van der Waals surface area (Å²) in [4.78, 5) is 11.9. The van der Waals surface area contributed by atoms with Crippen LogP contribution in [0.5, 0.6) is 0 Å². The van der Waals surface area contributed by atoms with Crippen LogP contribution in [0.3, 0.4) is 0 Å². The number of benzene rings is 1. The number of nitrogens with one attached hydrogen (secondary N) is 2. The van der Waals surface area contributed by atoms with Gasteiger partial charge in [0.1, 0.15) is 5.82 Å². The van der Waals surface area contributed by atoms with Crippen LogP contribution in [-0.2, 0) is 11.2 Å². The molecule has 0 atom stereocenters. The summed E-state index contributed by atoms with van der Waals surface area (Å²) in [6, 6.07) is 3.80. The number of aromatic nitrogens is 2. The standard InChI is InChI=1S/C14H13F2N3O/c15-11-3-1-2-9(13(11)16)6-12(20)18-14-10(7-17-19-14)8-4-5-8/h1-3,7-8H,4-6H2,(H2,17,18,19,20). The zero-order chi connectivity index (χ0) is 14.1. The van der Waals surface area contributed by atoms with Crippen LogP contribution in [0.4, 0.5) is 14.6 Å². The van der Waals surface area contributed by atoms with Gasteiger partial charge in [0, 0.05) is 11.1 Å². The molecule has 1 amide bonds. The first-order valence-electron chi connectivity index (χ1n) is 6.41. The number of halogens is 2. The number of nitrogens with zero attached hydrogens (tertiary/aromatic N) is 1. The van der Waals surface area contributed by atoms with Crippen LogP contribution in [0.2, 0.25) is 0 Å². The van der Waals surface area contributed by atoms with E-state index in [2.05, 4.69) is 15.5 Å². The largest absolute Gasteiger partial charge is 0.311 e. The molecule has 1 saturated carbocycles. The number of rotatable bonds is 4. The Morgan fingerprint density at radius 3 is 2.95 bits per heavy atom. The SMILES string of the molecule is O=C(Cc1cccc(F)c1F)Nc1[nH]ncc1C1CC1. The van der Waals surface area contributed by atoms with E-state index in [9.17, 15) is 13.6 Å². The van der Waals surface area contributed by atoms with Gasteiger partial charge in [0.2, 0.25) is 5.91 Å². The van der Waals surface area contributed by atoms with Gasteiger partial charge < -0.3 is 5.32 Å². The van der Waals surface area contributed by atoms with Gasteiger partial charge >= 0.3 is 0 Å². The second-order valence-corrected chi connectivity index (χ2v) is 4.91. The van der Waals surface area contributed by atoms with Crippen molar-refractivity contribution in [2.45, 2.75) is 25.2 Å². The fourth-order valence-corrected chi connectivity index (χ4v) is 2.14. The molecule has 104 valence electrons. The molecule has 0 spiro atoms. The van der Waals surface area contributed by atoms with Crippen molar-refractivity contribution >= 4 is 11.7 Å². The van der Waals surface area contributed by atoms with Crippen molar-refractivity contribution in [3.63, 3.8) is 0 Å². The predicted molar refractivity (Wildman–Crippen MR) is 69.3 cm³/mol. The molecule has 20 heavy (non-hydrogen) atoms. The molecular formula is C14H13F2N3O. The number of anilines is 1. The quantitative estimate of drug-likeness (QED) is 0.902. The predicted octanol–water partition coefficient (Wildman–Crippen LogP) is 2.75. The van der Waals surface area contributed by atoms with Gasteiger partial charge in [-0.25, -0.2) is 8.78 Å². The minimum atomic E-state index is -0.977. The number of hydrogen-bond acceptors (Lipinski definition) is 2. The third kappa shape index (κ3) is 2.54. The first-order valence-corrected chi connectivity index (χ1v) is 6.41. The number of carbonyl (C=O) groups excluding carboxylic acids is 1. The molecule has 3 rings (SSSR count). The lowest BCUT2D eigenvalue weighted by molar-refractivity contribution is -0.115. The van der Waals surface area contributed by atoms with Crippen LogP contribution in [0.25, 0.3) is 0 Å². The van der Waals surface area contributed by atoms with Crippen molar-refractivity contribution in [2.24, 2.45) is 0 Å². The van der Waals surface area contributed by atoms with Gasteiger partial charge in [0.25, 0.3) is 0 Å². The Morgan fingerprint density at radius 1 is 1.40 bits per heavy atom. The molecule has 4 nitrogen and oxygen atoms in total. The summed E-state index contributed by atoms with van der Waals surface area (Å²) in [6.07, 6.45) is 3.64. The first kappa shape index (κ1) is 12.8. The van der Waals surface area contributed by atoms with Crippen molar-refractivity contribution in [1.82, 2.24) is 10.2 Å². The van der Waals surface area contributed by atoms with Crippen molar-refractivity contribution in [3.8, 4) is 0 Å². The maximum absolute atomic E-state index is 13.5. The Bertz CT molecular complexity index is 650. The molecule has 1 aliphatic carbocycles. The molecule has 0 bridgehead atoms. The molecule has 2 aromatic rings. The molecular weight excluding hydrogens is 264 g/mol. The van der Waals surface area contributed by atoms with Crippen LogP contribution < -0.4 is 5.32 Å². The van der Waals surface area contributed by atoms with E-state index in [0.717, 1.165) is 24.5 Å². The van der Waals surface area contributed by atoms with Gasteiger partial charge in [-0.3, -0.25) is 9.89 Å². The van der Waals surface area contributed by atoms with Crippen LogP contribution >= 0.6 is 0 Å². The normalized spacial score (nSPS) is 14.3. The van der Waals surface area contributed by atoms with Crippen molar-refractivity contribution < 1.29 is 13.6 Å². The molecule has 0 aliphatic heterocycles. The van der Waals surface area contributed by atoms with E-state index in [4.69, 9.17) is 0 Å². The monoisotopic (exact) mass is 277 g/mol. The van der Waals surface area contributed by atoms with Crippen molar-refractivity contribution in [1.29, 1.82) is 0 Å². The molecule has 2 N–H and O–H groups in total. The number of amides is 1. The third-order valence-corrected chi connectivity index (χ3v) is 3.33. The average Bonchev–Trinajstić information content (AvgIpc) is 3.16. The lowest BCUT2D eigenvalue weighted by Crippen LogP contribution is -2.16. The van der Waals surface area contributed by atoms with E-state index in [-0.39, 0.29) is 12.0 Å². The Morgan fingerprint density at radius 2 is 2.20 bits per heavy atom. The number of hydrogen-bond donors (Lipinski definition) is 2. The highest BCUT2D eigenvalue weighted by molar-refractivity contribution is 5.92. The second-order valence-electron chi connectivity index (χ2n) is 4.91. The average molecular weight is 277 g/mol. The van der Waals surface area contributed by atoms with Gasteiger partial charge in [-0.15, -0.1) is 0 Å². The van der Waals surface area contributed by atoms with Gasteiger partial charge in [-0.05, 0) is 24.8 Å². The van der Waals surface area contributed by atoms with E-state index in [0.29, 0.717) is 11.7 Å². The highest BCUT2D eigenvalue weighted by atomic mass is 19.2. The summed E-state index contributed by atoms with van der Waals surface area (Å²) in [7, 11) is 0. The third-order valence-electron chi connectivity index (χ3n) is 3.33. The summed E-state index contributed by atoms with van der Waals surface area (Å²) in [6.45, 7) is 0. The number of aromatic amines is 1. The van der Waals surface area contributed by atoms with Gasteiger partial charge in [0.05, 0.1) is 12.6 Å². The summed E-state index contributed by atoms with van der Waals surface area (Å²) in [5.74, 6) is -1.34. The summed E-state index contributed by atoms with van der Waals surface area (Å²) >= 11 is 0. The fourth-order valence-electron chi connectivity index (χ4n) is 2.14. The van der Waals surface area contributed by atoms with E-state index < -0.39 is 17.5 Å². The van der Waals surface area contributed by atoms with Crippen LogP contribution in [0, 0.1) is 11.6 Å². The van der Waals surface area contributed by atoms with Crippen LogP contribution in [-0.4, -0.2) is 16.1 Å². The van der Waals surface area contributed by atoms with Gasteiger partial charge in [-0.2, -0.15) is 5.10 Å². The molecule has 0 radical (unpaired) electrons. The Labute approximate surface area is 114 Å². The van der Waals surface area contributed by atoms with Crippen LogP contribution in [0.1, 0.15) is 29.9 Å². The fraction of sp³-hybridized carbons (Fsp3) is 0.286. The van der Waals surface area contributed by atoms with Gasteiger partial charge in [0.15, 0.2) is 11.6 Å².